The molecule has 1 aliphatic rings. The van der Waals surface area contributed by atoms with E-state index < -0.39 is 0 Å². The second-order valence-electron chi connectivity index (χ2n) is 5.45. The van der Waals surface area contributed by atoms with Crippen LogP contribution in [-0.4, -0.2) is 43.7 Å². The van der Waals surface area contributed by atoms with E-state index in [1.165, 1.54) is 0 Å². The molecule has 21 heavy (non-hydrogen) atoms. The van der Waals surface area contributed by atoms with E-state index in [0.29, 0.717) is 11.7 Å². The van der Waals surface area contributed by atoms with E-state index in [1.54, 1.807) is 13.2 Å². The summed E-state index contributed by atoms with van der Waals surface area (Å²) in [5.74, 6) is 0.810. The van der Waals surface area contributed by atoms with Crippen LogP contribution in [-0.2, 0) is 4.74 Å². The van der Waals surface area contributed by atoms with Crippen LogP contribution in [0, 0.1) is 0 Å². The summed E-state index contributed by atoms with van der Waals surface area (Å²) in [5.41, 5.74) is 0.697. The summed E-state index contributed by atoms with van der Waals surface area (Å²) in [4.78, 5) is 14.5. The van der Waals surface area contributed by atoms with Crippen molar-refractivity contribution in [2.45, 2.75) is 38.7 Å². The van der Waals surface area contributed by atoms with Crippen LogP contribution in [0.15, 0.2) is 24.3 Å². The van der Waals surface area contributed by atoms with Crippen molar-refractivity contribution >= 4 is 5.91 Å². The fraction of sp³-hybridized carbons (Fsp3) is 0.588. The van der Waals surface area contributed by atoms with Gasteiger partial charge in [0.1, 0.15) is 5.75 Å². The van der Waals surface area contributed by atoms with Gasteiger partial charge in [0.15, 0.2) is 0 Å². The van der Waals surface area contributed by atoms with E-state index in [4.69, 9.17) is 9.47 Å². The number of benzene rings is 1. The van der Waals surface area contributed by atoms with Crippen LogP contribution in [0.1, 0.15) is 43.0 Å². The monoisotopic (exact) mass is 291 g/mol. The predicted octanol–water partition coefficient (Wildman–Crippen LogP) is 3.12. The summed E-state index contributed by atoms with van der Waals surface area (Å²) in [6.45, 7) is 4.51. The average Bonchev–Trinajstić information content (AvgIpc) is 2.78. The maximum Gasteiger partial charge on any atom is 0.253 e. The Labute approximate surface area is 127 Å². The molecule has 1 heterocycles. The largest absolute Gasteiger partial charge is 0.497 e. The van der Waals surface area contributed by atoms with Crippen molar-refractivity contribution in [2.24, 2.45) is 0 Å². The van der Waals surface area contributed by atoms with Crippen LogP contribution in [0.4, 0.5) is 0 Å². The zero-order valence-corrected chi connectivity index (χ0v) is 13.0. The molecule has 0 aromatic heterocycles. The van der Waals surface area contributed by atoms with Crippen molar-refractivity contribution < 1.29 is 14.3 Å². The van der Waals surface area contributed by atoms with Gasteiger partial charge < -0.3 is 14.4 Å². The Balaban J connectivity index is 1.96. The van der Waals surface area contributed by atoms with E-state index in [0.717, 1.165) is 51.1 Å². The first-order valence-electron chi connectivity index (χ1n) is 7.79. The number of nitrogens with zero attached hydrogens (tertiary/aromatic N) is 1. The number of likely N-dealkylation sites (tertiary alicyclic amines) is 1. The minimum Gasteiger partial charge on any atom is -0.497 e. The lowest BCUT2D eigenvalue weighted by molar-refractivity contribution is 0.0432. The van der Waals surface area contributed by atoms with Crippen molar-refractivity contribution in [3.8, 4) is 5.75 Å². The van der Waals surface area contributed by atoms with Gasteiger partial charge in [-0.25, -0.2) is 0 Å². The lowest BCUT2D eigenvalue weighted by Gasteiger charge is -2.21. The predicted molar refractivity (Wildman–Crippen MR) is 82.8 cm³/mol. The van der Waals surface area contributed by atoms with Crippen molar-refractivity contribution in [1.29, 1.82) is 0 Å². The van der Waals surface area contributed by atoms with Gasteiger partial charge in [0.05, 0.1) is 13.2 Å². The van der Waals surface area contributed by atoms with E-state index in [1.807, 2.05) is 23.1 Å². The van der Waals surface area contributed by atoms with Gasteiger partial charge in [-0.05, 0) is 43.9 Å². The summed E-state index contributed by atoms with van der Waals surface area (Å²) < 4.78 is 11.0. The molecule has 1 aromatic rings. The first kappa shape index (κ1) is 15.8. The second kappa shape index (κ2) is 8.03. The highest BCUT2D eigenvalue weighted by atomic mass is 16.5. The highest BCUT2D eigenvalue weighted by Gasteiger charge is 2.22. The molecule has 1 amide bonds. The molecule has 0 unspecified atom stereocenters. The van der Waals surface area contributed by atoms with Gasteiger partial charge in [-0.2, -0.15) is 0 Å². The third-order valence-corrected chi connectivity index (χ3v) is 3.84. The molecule has 1 saturated heterocycles. The molecule has 1 aliphatic heterocycles. The molecule has 2 rings (SSSR count). The summed E-state index contributed by atoms with van der Waals surface area (Å²) in [6, 6.07) is 7.37. The molecule has 0 aliphatic carbocycles. The van der Waals surface area contributed by atoms with E-state index in [-0.39, 0.29) is 5.91 Å². The third kappa shape index (κ3) is 4.46. The molecule has 4 nitrogen and oxygen atoms in total. The van der Waals surface area contributed by atoms with E-state index in [9.17, 15) is 4.79 Å². The van der Waals surface area contributed by atoms with Gasteiger partial charge in [0.25, 0.3) is 5.91 Å². The van der Waals surface area contributed by atoms with Gasteiger partial charge in [0, 0.05) is 25.3 Å². The standard InChI is InChI=1S/C17H25NO3/c1-3-12-21-15-8-5-10-18(11-9-15)17(19)14-6-4-7-16(13-14)20-2/h4,6-7,13,15H,3,5,8-12H2,1-2H3/t15-/m1/s1. The Morgan fingerprint density at radius 2 is 2.19 bits per heavy atom. The summed E-state index contributed by atoms with van der Waals surface area (Å²) in [6.07, 6.45) is 4.32. The number of rotatable bonds is 5. The first-order chi connectivity index (χ1) is 10.2. The Hall–Kier alpha value is -1.55. The first-order valence-corrected chi connectivity index (χ1v) is 7.79. The molecule has 1 atom stereocenters. The second-order valence-corrected chi connectivity index (χ2v) is 5.45. The Bertz CT molecular complexity index is 461. The zero-order valence-electron chi connectivity index (χ0n) is 13.0. The number of carbonyl (C=O) groups is 1. The number of ether oxygens (including phenoxy) is 2. The van der Waals surface area contributed by atoms with Crippen LogP contribution in [0.3, 0.4) is 0 Å². The topological polar surface area (TPSA) is 38.8 Å². The summed E-state index contributed by atoms with van der Waals surface area (Å²) in [7, 11) is 1.62. The number of methoxy groups -OCH3 is 1. The fourth-order valence-electron chi connectivity index (χ4n) is 2.66. The number of hydrogen-bond acceptors (Lipinski definition) is 3. The minimum atomic E-state index is 0.0880. The van der Waals surface area contributed by atoms with Crippen LogP contribution < -0.4 is 4.74 Å². The summed E-state index contributed by atoms with van der Waals surface area (Å²) >= 11 is 0. The molecule has 0 spiro atoms. The molecule has 116 valence electrons. The van der Waals surface area contributed by atoms with Crippen LogP contribution >= 0.6 is 0 Å². The average molecular weight is 291 g/mol. The van der Waals surface area contributed by atoms with Crippen molar-refractivity contribution in [3.05, 3.63) is 29.8 Å². The number of amides is 1. The molecular formula is C17H25NO3. The molecule has 1 aromatic carbocycles. The summed E-state index contributed by atoms with van der Waals surface area (Å²) in [5, 5.41) is 0. The molecule has 1 fully saturated rings. The maximum atomic E-state index is 12.6. The normalized spacial score (nSPS) is 19.1. The van der Waals surface area contributed by atoms with Crippen molar-refractivity contribution in [3.63, 3.8) is 0 Å². The molecule has 0 bridgehead atoms. The van der Waals surface area contributed by atoms with Crippen LogP contribution in [0.5, 0.6) is 5.75 Å². The van der Waals surface area contributed by atoms with E-state index in [2.05, 4.69) is 6.92 Å². The highest BCUT2D eigenvalue weighted by molar-refractivity contribution is 5.94. The number of hydrogen-bond donors (Lipinski definition) is 0. The maximum absolute atomic E-state index is 12.6. The minimum absolute atomic E-state index is 0.0880. The lowest BCUT2D eigenvalue weighted by atomic mass is 10.1. The quantitative estimate of drug-likeness (QED) is 0.836. The lowest BCUT2D eigenvalue weighted by Crippen LogP contribution is -2.32. The molecule has 0 radical (unpaired) electrons. The number of carbonyl (C=O) groups excluding carboxylic acids is 1. The molecule has 0 N–H and O–H groups in total. The van der Waals surface area contributed by atoms with Gasteiger partial charge in [-0.1, -0.05) is 13.0 Å². The Kier molecular flexibility index (Phi) is 6.05. The highest BCUT2D eigenvalue weighted by Crippen LogP contribution is 2.19. The van der Waals surface area contributed by atoms with E-state index >= 15 is 0 Å². The smallest absolute Gasteiger partial charge is 0.253 e. The molecular weight excluding hydrogens is 266 g/mol. The fourth-order valence-corrected chi connectivity index (χ4v) is 2.66. The Morgan fingerprint density at radius 1 is 1.33 bits per heavy atom. The zero-order chi connectivity index (χ0) is 15.1. The van der Waals surface area contributed by atoms with Gasteiger partial charge in [-0.3, -0.25) is 4.79 Å². The molecule has 4 heteroatoms. The SMILES string of the molecule is CCCO[C@@H]1CCCN(C(=O)c2cccc(OC)c2)CC1. The van der Waals surface area contributed by atoms with Crippen LogP contribution in [0.25, 0.3) is 0 Å². The van der Waals surface area contributed by atoms with Crippen molar-refractivity contribution in [1.82, 2.24) is 4.90 Å². The van der Waals surface area contributed by atoms with Gasteiger partial charge in [-0.15, -0.1) is 0 Å². The third-order valence-electron chi connectivity index (χ3n) is 3.84. The van der Waals surface area contributed by atoms with Crippen LogP contribution in [0.2, 0.25) is 0 Å². The van der Waals surface area contributed by atoms with Crippen molar-refractivity contribution in [2.75, 3.05) is 26.8 Å². The van der Waals surface area contributed by atoms with Gasteiger partial charge in [0.2, 0.25) is 0 Å². The molecule has 0 saturated carbocycles. The Morgan fingerprint density at radius 3 is 2.95 bits per heavy atom. The van der Waals surface area contributed by atoms with Gasteiger partial charge >= 0.3 is 0 Å².